The van der Waals surface area contributed by atoms with Crippen molar-refractivity contribution in [1.82, 2.24) is 20.4 Å². The van der Waals surface area contributed by atoms with Gasteiger partial charge in [-0.25, -0.2) is 0 Å². The smallest absolute Gasteiger partial charge is 0.233 e. The summed E-state index contributed by atoms with van der Waals surface area (Å²) >= 11 is 0. The minimum Gasteiger partial charge on any atom is -0.422 e. The summed E-state index contributed by atoms with van der Waals surface area (Å²) in [6.45, 7) is 4.20. The van der Waals surface area contributed by atoms with Gasteiger partial charge in [-0.15, -0.1) is 10.2 Å². The van der Waals surface area contributed by atoms with Crippen LogP contribution in [-0.2, 0) is 0 Å². The molecule has 106 valence electrons. The topological polar surface area (TPSA) is 80.2 Å². The number of likely N-dealkylation sites (tertiary alicyclic amines) is 1. The van der Waals surface area contributed by atoms with Crippen LogP contribution in [0, 0.1) is 5.92 Å². The molecule has 2 saturated heterocycles. The zero-order valence-electron chi connectivity index (χ0n) is 11.7. The first-order valence-electron chi connectivity index (χ1n) is 7.16. The number of rotatable bonds is 2. The van der Waals surface area contributed by atoms with Crippen LogP contribution in [-0.4, -0.2) is 41.3 Å². The van der Waals surface area contributed by atoms with E-state index in [0.717, 1.165) is 37.7 Å². The van der Waals surface area contributed by atoms with Gasteiger partial charge in [0.05, 0.1) is 12.1 Å². The average molecular weight is 265 g/mol. The number of nitrogens with zero attached hydrogens (tertiary/aromatic N) is 3. The summed E-state index contributed by atoms with van der Waals surface area (Å²) < 4.78 is 5.88. The Morgan fingerprint density at radius 1 is 1.32 bits per heavy atom. The number of nitrogens with two attached hydrogens (primary N) is 1. The maximum Gasteiger partial charge on any atom is 0.233 e. The minimum absolute atomic E-state index is 0.129. The van der Waals surface area contributed by atoms with Crippen molar-refractivity contribution in [2.75, 3.05) is 20.1 Å². The van der Waals surface area contributed by atoms with Gasteiger partial charge in [0.15, 0.2) is 0 Å². The molecular weight excluding hydrogens is 242 g/mol. The largest absolute Gasteiger partial charge is 0.422 e. The van der Waals surface area contributed by atoms with Gasteiger partial charge in [0, 0.05) is 19.1 Å². The molecule has 3 rings (SSSR count). The third kappa shape index (κ3) is 2.66. The molecule has 0 amide bonds. The second kappa shape index (κ2) is 5.19. The van der Waals surface area contributed by atoms with Crippen molar-refractivity contribution in [3.8, 4) is 0 Å². The molecule has 0 aromatic carbocycles. The van der Waals surface area contributed by atoms with Crippen LogP contribution >= 0.6 is 0 Å². The number of hydrogen-bond acceptors (Lipinski definition) is 6. The first-order chi connectivity index (χ1) is 9.13. The lowest BCUT2D eigenvalue weighted by atomic mass is 9.95. The van der Waals surface area contributed by atoms with Crippen molar-refractivity contribution >= 4 is 0 Å². The van der Waals surface area contributed by atoms with Crippen molar-refractivity contribution in [3.05, 3.63) is 11.8 Å². The van der Waals surface area contributed by atoms with Crippen LogP contribution in [0.2, 0.25) is 0 Å². The first-order valence-corrected chi connectivity index (χ1v) is 7.16. The average Bonchev–Trinajstić information content (AvgIpc) is 2.97. The highest BCUT2D eigenvalue weighted by Crippen LogP contribution is 2.32. The highest BCUT2D eigenvalue weighted by atomic mass is 16.4. The third-order valence-electron chi connectivity index (χ3n) is 4.27. The van der Waals surface area contributed by atoms with Gasteiger partial charge in [-0.2, -0.15) is 0 Å². The Morgan fingerprint density at radius 2 is 2.11 bits per heavy atom. The maximum atomic E-state index is 5.89. The van der Waals surface area contributed by atoms with Gasteiger partial charge in [0.1, 0.15) is 0 Å². The molecule has 2 fully saturated rings. The fraction of sp³-hybridized carbons (Fsp3) is 0.846. The van der Waals surface area contributed by atoms with E-state index in [1.54, 1.807) is 0 Å². The van der Waals surface area contributed by atoms with Crippen molar-refractivity contribution in [2.24, 2.45) is 11.7 Å². The standard InChI is InChI=1S/C13H23N5O/c1-8-3-4-11(18(2)7-8)13-17-16-12(19-13)10-5-9(14)6-15-10/h8-11,15H,3-7,14H2,1-2H3/t8-,9+,10+,11+/m1/s1. The molecule has 4 atom stereocenters. The lowest BCUT2D eigenvalue weighted by molar-refractivity contribution is 0.122. The summed E-state index contributed by atoms with van der Waals surface area (Å²) in [7, 11) is 2.13. The minimum atomic E-state index is 0.129. The molecule has 0 saturated carbocycles. The SMILES string of the molecule is C[C@@H]1CC[C@@H](c2nnc([C@@H]3C[C@H](N)CN3)o2)N(C)C1. The molecule has 6 heteroatoms. The van der Waals surface area contributed by atoms with Crippen molar-refractivity contribution < 1.29 is 4.42 Å². The molecule has 1 aromatic heterocycles. The van der Waals surface area contributed by atoms with E-state index < -0.39 is 0 Å². The van der Waals surface area contributed by atoms with E-state index in [1.165, 1.54) is 6.42 Å². The number of aromatic nitrogens is 2. The summed E-state index contributed by atoms with van der Waals surface area (Å²) in [6, 6.07) is 0.593. The molecule has 1 aromatic rings. The molecule has 0 radical (unpaired) electrons. The second-order valence-corrected chi connectivity index (χ2v) is 6.07. The molecule has 2 aliphatic rings. The van der Waals surface area contributed by atoms with Crippen LogP contribution in [0.5, 0.6) is 0 Å². The lowest BCUT2D eigenvalue weighted by Crippen LogP contribution is -2.34. The van der Waals surface area contributed by atoms with Gasteiger partial charge in [0.2, 0.25) is 11.8 Å². The van der Waals surface area contributed by atoms with Gasteiger partial charge < -0.3 is 15.5 Å². The summed E-state index contributed by atoms with van der Waals surface area (Å²) in [5.41, 5.74) is 5.89. The van der Waals surface area contributed by atoms with Crippen LogP contribution in [0.3, 0.4) is 0 Å². The predicted octanol–water partition coefficient (Wildman–Crippen LogP) is 0.834. The van der Waals surface area contributed by atoms with E-state index in [4.69, 9.17) is 10.2 Å². The van der Waals surface area contributed by atoms with E-state index in [2.05, 4.69) is 34.4 Å². The zero-order valence-corrected chi connectivity index (χ0v) is 11.7. The molecule has 6 nitrogen and oxygen atoms in total. The van der Waals surface area contributed by atoms with Crippen LogP contribution in [0.1, 0.15) is 50.1 Å². The Morgan fingerprint density at radius 3 is 2.79 bits per heavy atom. The molecule has 0 spiro atoms. The summed E-state index contributed by atoms with van der Waals surface area (Å²) in [5.74, 6) is 2.19. The maximum absolute atomic E-state index is 5.89. The van der Waals surface area contributed by atoms with E-state index in [0.29, 0.717) is 5.89 Å². The molecule has 2 aliphatic heterocycles. The van der Waals surface area contributed by atoms with Gasteiger partial charge in [-0.3, -0.25) is 4.90 Å². The zero-order chi connectivity index (χ0) is 13.4. The van der Waals surface area contributed by atoms with Gasteiger partial charge in [-0.05, 0) is 32.2 Å². The van der Waals surface area contributed by atoms with E-state index >= 15 is 0 Å². The monoisotopic (exact) mass is 265 g/mol. The first kappa shape index (κ1) is 13.0. The lowest BCUT2D eigenvalue weighted by Gasteiger charge is -2.33. The molecular formula is C13H23N5O. The molecule has 3 heterocycles. The van der Waals surface area contributed by atoms with Crippen LogP contribution in [0.4, 0.5) is 0 Å². The quantitative estimate of drug-likeness (QED) is 0.824. The summed E-state index contributed by atoms with van der Waals surface area (Å²) in [5, 5.41) is 11.8. The van der Waals surface area contributed by atoms with Crippen molar-refractivity contribution in [3.63, 3.8) is 0 Å². The number of hydrogen-bond donors (Lipinski definition) is 2. The molecule has 0 bridgehead atoms. The summed E-state index contributed by atoms with van der Waals surface area (Å²) in [4.78, 5) is 2.32. The van der Waals surface area contributed by atoms with Crippen LogP contribution < -0.4 is 11.1 Å². The molecule has 0 unspecified atom stereocenters. The van der Waals surface area contributed by atoms with E-state index in [9.17, 15) is 0 Å². The Kier molecular flexibility index (Phi) is 3.56. The highest BCUT2D eigenvalue weighted by Gasteiger charge is 2.31. The molecule has 19 heavy (non-hydrogen) atoms. The van der Waals surface area contributed by atoms with Crippen LogP contribution in [0.25, 0.3) is 0 Å². The third-order valence-corrected chi connectivity index (χ3v) is 4.27. The van der Waals surface area contributed by atoms with E-state index in [1.807, 2.05) is 0 Å². The number of nitrogens with one attached hydrogen (secondary N) is 1. The predicted molar refractivity (Wildman–Crippen MR) is 71.4 cm³/mol. The highest BCUT2D eigenvalue weighted by molar-refractivity contribution is 4.99. The fourth-order valence-electron chi connectivity index (χ4n) is 3.16. The van der Waals surface area contributed by atoms with Gasteiger partial charge >= 0.3 is 0 Å². The Balaban J connectivity index is 1.70. The Hall–Kier alpha value is -0.980. The fourth-order valence-corrected chi connectivity index (χ4v) is 3.16. The van der Waals surface area contributed by atoms with Crippen molar-refractivity contribution in [2.45, 2.75) is 44.3 Å². The Labute approximate surface area is 113 Å². The van der Waals surface area contributed by atoms with Crippen LogP contribution in [0.15, 0.2) is 4.42 Å². The summed E-state index contributed by atoms with van der Waals surface area (Å²) in [6.07, 6.45) is 3.19. The molecule has 3 N–H and O–H groups in total. The Bertz CT molecular complexity index is 434. The van der Waals surface area contributed by atoms with Gasteiger partial charge in [-0.1, -0.05) is 6.92 Å². The second-order valence-electron chi connectivity index (χ2n) is 6.07. The van der Waals surface area contributed by atoms with Gasteiger partial charge in [0.25, 0.3) is 0 Å². The number of piperidine rings is 1. The molecule has 0 aliphatic carbocycles. The van der Waals surface area contributed by atoms with Crippen molar-refractivity contribution in [1.29, 1.82) is 0 Å². The van der Waals surface area contributed by atoms with E-state index in [-0.39, 0.29) is 18.1 Å². The normalized spacial score (nSPS) is 36.8.